The van der Waals surface area contributed by atoms with Crippen molar-refractivity contribution in [2.45, 2.75) is 64.5 Å². The Balaban J connectivity index is 0.000000936. The molecule has 0 radical (unpaired) electrons. The normalized spacial score (nSPS) is 20.2. The van der Waals surface area contributed by atoms with Gasteiger partial charge in [0.05, 0.1) is 11.7 Å². The zero-order valence-corrected chi connectivity index (χ0v) is 24.7. The summed E-state index contributed by atoms with van der Waals surface area (Å²) in [6, 6.07) is 8.35. The minimum Gasteiger partial charge on any atom is -0.653 e. The van der Waals surface area contributed by atoms with E-state index < -0.39 is 30.4 Å². The van der Waals surface area contributed by atoms with Gasteiger partial charge in [-0.15, -0.1) is 12.5 Å². The third-order valence-electron chi connectivity index (χ3n) is 5.12. The summed E-state index contributed by atoms with van der Waals surface area (Å²) in [6.45, 7) is 5.25. The predicted octanol–water partition coefficient (Wildman–Crippen LogP) is 2.61. The van der Waals surface area contributed by atoms with Crippen molar-refractivity contribution >= 4 is 12.8 Å². The molecule has 4 N–H and O–H groups in total. The number of nitrogens with zero attached hydrogens (tertiary/aromatic N) is 2. The first-order valence-corrected chi connectivity index (χ1v) is 11.5. The molecule has 2 atom stereocenters. The number of hydrogen-bond acceptors (Lipinski definition) is 5. The van der Waals surface area contributed by atoms with Gasteiger partial charge >= 0.3 is 51.4 Å². The van der Waals surface area contributed by atoms with Crippen LogP contribution in [-0.4, -0.2) is 41.7 Å². The van der Waals surface area contributed by atoms with E-state index in [1.807, 2.05) is 26.8 Å². The number of nitrogens with two attached hydrogens (primary N) is 1. The zero-order valence-electron chi connectivity index (χ0n) is 20.7. The van der Waals surface area contributed by atoms with Gasteiger partial charge in [0.25, 0.3) is 0 Å². The molecule has 186 valence electrons. The summed E-state index contributed by atoms with van der Waals surface area (Å²) >= 11 is 3.78. The molecule has 5 nitrogen and oxygen atoms in total. The molecule has 2 unspecified atom stereocenters. The summed E-state index contributed by atoms with van der Waals surface area (Å²) in [6.07, 6.45) is 3.88. The van der Waals surface area contributed by atoms with E-state index >= 15 is 0 Å². The molecule has 2 heterocycles. The third kappa shape index (κ3) is 9.80. The number of aromatic nitrogens is 1. The maximum atomic E-state index is 14.9. The van der Waals surface area contributed by atoms with Gasteiger partial charge in [-0.05, 0) is 44.2 Å². The average Bonchev–Trinajstić information content (AvgIpc) is 3.09. The molecule has 1 aliphatic heterocycles. The summed E-state index contributed by atoms with van der Waals surface area (Å²) in [5.41, 5.74) is 6.50. The van der Waals surface area contributed by atoms with Crippen molar-refractivity contribution in [1.82, 2.24) is 9.71 Å². The number of aliphatic hydroxyl groups is 1. The number of benzene rings is 1. The molecular weight excluding hydrogens is 488 g/mol. The number of aryl methyl sites for hydroxylation is 1. The number of hydrogen-bond donors (Lipinski definition) is 4. The van der Waals surface area contributed by atoms with Gasteiger partial charge in [-0.2, -0.15) is 12.8 Å². The molecule has 2 aliphatic rings. The topological polar surface area (TPSA) is 85.3 Å². The van der Waals surface area contributed by atoms with Crippen LogP contribution in [0.2, 0.25) is 0 Å². The van der Waals surface area contributed by atoms with Crippen LogP contribution in [0.4, 0.5) is 13.2 Å². The quantitative estimate of drug-likeness (QED) is 0.282. The van der Waals surface area contributed by atoms with Crippen LogP contribution in [-0.2, 0) is 6.42 Å². The number of pyridine rings is 1. The van der Waals surface area contributed by atoms with E-state index in [-0.39, 0.29) is 57.8 Å². The van der Waals surface area contributed by atoms with Crippen molar-refractivity contribution in [2.75, 3.05) is 13.6 Å². The molecule has 1 aromatic carbocycles. The van der Waals surface area contributed by atoms with Crippen LogP contribution in [0.15, 0.2) is 36.4 Å². The smallest absolute Gasteiger partial charge is 0.653 e. The van der Waals surface area contributed by atoms with Crippen molar-refractivity contribution < 1.29 is 69.7 Å². The summed E-state index contributed by atoms with van der Waals surface area (Å²) < 4.78 is 44.7. The molecule has 4 rings (SSSR count). The minimum absolute atomic E-state index is 0. The summed E-state index contributed by atoms with van der Waals surface area (Å²) in [5, 5.41) is 12.3. The second-order valence-electron chi connectivity index (χ2n) is 7.34. The predicted molar refractivity (Wildman–Crippen MR) is 131 cm³/mol. The van der Waals surface area contributed by atoms with Crippen LogP contribution in [0, 0.1) is 18.8 Å². The van der Waals surface area contributed by atoms with E-state index in [9.17, 15) is 13.2 Å². The van der Waals surface area contributed by atoms with Crippen molar-refractivity contribution in [3.05, 3.63) is 64.9 Å². The standard InChI is InChI=1S/C17H17F3N3S.C4H7O.C2H6.CH5N.K/c1-10-4-2-7-13(22-10)12-6-3-5-11(15(12)18)8-14-16(23-24)17(19,20)9-21-14;5-4-2-1-3-4;2*1-2;/h2-7,14,16,23-24H,8-9H2,1H3;5H,1-3H2;1-2H3;2H2,1H3;/q2*-1;;;+1. The van der Waals surface area contributed by atoms with E-state index in [4.69, 9.17) is 5.11 Å². The monoisotopic (exact) mass is 523 g/mol. The first-order valence-electron chi connectivity index (χ1n) is 11.1. The Morgan fingerprint density at radius 2 is 1.79 bits per heavy atom. The molecule has 2 aromatic rings. The van der Waals surface area contributed by atoms with Crippen LogP contribution in [0.1, 0.15) is 44.4 Å². The second-order valence-corrected chi connectivity index (χ2v) is 7.60. The van der Waals surface area contributed by atoms with Gasteiger partial charge < -0.3 is 16.2 Å². The Morgan fingerprint density at radius 1 is 1.21 bits per heavy atom. The van der Waals surface area contributed by atoms with E-state index in [1.165, 1.54) is 13.5 Å². The number of thiol groups is 1. The summed E-state index contributed by atoms with van der Waals surface area (Å²) in [4.78, 5) is 4.32. The number of rotatable bonds is 4. The van der Waals surface area contributed by atoms with Gasteiger partial charge in [0, 0.05) is 11.3 Å². The fourth-order valence-corrected chi connectivity index (χ4v) is 3.64. The van der Waals surface area contributed by atoms with Crippen molar-refractivity contribution in [3.8, 4) is 11.3 Å². The molecule has 1 saturated carbocycles. The first kappa shape index (κ1) is 34.0. The first-order chi connectivity index (χ1) is 15.8. The van der Waals surface area contributed by atoms with Gasteiger partial charge in [-0.1, -0.05) is 51.4 Å². The molecular formula is C24H35F3KN4OS-. The SMILES string of the molecule is CC.CN.Cc1cccc(-c2cccc(CC3[N-]CC(F)(F)C3NS)c2F)n1.O[C-]1CCC1.[K+]. The van der Waals surface area contributed by atoms with Gasteiger partial charge in [-0.25, -0.2) is 19.3 Å². The Bertz CT molecular complexity index is 844. The van der Waals surface area contributed by atoms with E-state index in [0.29, 0.717) is 22.9 Å². The maximum absolute atomic E-state index is 14.9. The molecule has 10 heteroatoms. The summed E-state index contributed by atoms with van der Waals surface area (Å²) in [5.74, 6) is -3.42. The van der Waals surface area contributed by atoms with Gasteiger partial charge in [-0.3, -0.25) is 9.71 Å². The Hall–Kier alpha value is -0.0136. The van der Waals surface area contributed by atoms with Gasteiger partial charge in [0.2, 0.25) is 5.92 Å². The van der Waals surface area contributed by atoms with E-state index in [1.54, 1.807) is 30.3 Å². The number of alkyl halides is 2. The van der Waals surface area contributed by atoms with Crippen molar-refractivity contribution in [2.24, 2.45) is 5.73 Å². The van der Waals surface area contributed by atoms with E-state index in [0.717, 1.165) is 18.5 Å². The molecule has 34 heavy (non-hydrogen) atoms. The molecule has 0 bridgehead atoms. The van der Waals surface area contributed by atoms with Crippen LogP contribution >= 0.6 is 12.8 Å². The van der Waals surface area contributed by atoms with Crippen molar-refractivity contribution in [1.29, 1.82) is 0 Å². The molecule has 1 aliphatic carbocycles. The van der Waals surface area contributed by atoms with E-state index in [2.05, 4.69) is 33.6 Å². The van der Waals surface area contributed by atoms with Crippen LogP contribution in [0.3, 0.4) is 0 Å². The Labute approximate surface area is 249 Å². The number of halogens is 3. The maximum Gasteiger partial charge on any atom is 1.00 e. The third-order valence-corrected chi connectivity index (χ3v) is 5.40. The number of nitrogens with one attached hydrogen (secondary N) is 1. The summed E-state index contributed by atoms with van der Waals surface area (Å²) in [7, 11) is 1.50. The van der Waals surface area contributed by atoms with Crippen LogP contribution < -0.4 is 61.8 Å². The molecule has 1 saturated heterocycles. The van der Waals surface area contributed by atoms with Gasteiger partial charge in [0.15, 0.2) is 0 Å². The molecule has 0 amide bonds. The average molecular weight is 524 g/mol. The number of aliphatic hydroxyl groups excluding tert-OH is 1. The van der Waals surface area contributed by atoms with Crippen molar-refractivity contribution in [3.63, 3.8) is 0 Å². The fourth-order valence-electron chi connectivity index (χ4n) is 3.28. The van der Waals surface area contributed by atoms with Crippen LogP contribution in [0.5, 0.6) is 0 Å². The Kier molecular flexibility index (Phi) is 17.4. The Morgan fingerprint density at radius 3 is 2.29 bits per heavy atom. The van der Waals surface area contributed by atoms with Crippen LogP contribution in [0.25, 0.3) is 16.6 Å². The molecule has 2 fully saturated rings. The molecule has 0 spiro atoms. The minimum atomic E-state index is -2.97. The fraction of sp³-hybridized carbons (Fsp3) is 0.500. The molecule has 1 aromatic heterocycles. The second kappa shape index (κ2) is 17.4. The largest absolute Gasteiger partial charge is 1.00 e. The zero-order chi connectivity index (χ0) is 25.0. The van der Waals surface area contributed by atoms with Gasteiger partial charge in [0.1, 0.15) is 5.82 Å².